The van der Waals surface area contributed by atoms with Gasteiger partial charge in [-0.15, -0.1) is 0 Å². The number of anilines is 1. The summed E-state index contributed by atoms with van der Waals surface area (Å²) in [7, 11) is -1.96. The number of sulfonamides is 1. The van der Waals surface area contributed by atoms with Crippen LogP contribution in [0.4, 0.5) is 5.69 Å². The fourth-order valence-corrected chi connectivity index (χ4v) is 5.29. The third-order valence-electron chi connectivity index (χ3n) is 6.90. The van der Waals surface area contributed by atoms with E-state index in [9.17, 15) is 18.0 Å². The van der Waals surface area contributed by atoms with Crippen molar-refractivity contribution in [1.29, 1.82) is 0 Å². The van der Waals surface area contributed by atoms with Crippen molar-refractivity contribution < 1.29 is 22.7 Å². The van der Waals surface area contributed by atoms with Crippen LogP contribution < -0.4 is 14.4 Å². The van der Waals surface area contributed by atoms with E-state index < -0.39 is 16.1 Å². The van der Waals surface area contributed by atoms with Gasteiger partial charge in [0.2, 0.25) is 21.8 Å². The van der Waals surface area contributed by atoms with E-state index in [-0.39, 0.29) is 37.4 Å². The molecule has 2 amide bonds. The number of carbonyl (C=O) groups excluding carboxylic acids is 2. The van der Waals surface area contributed by atoms with Gasteiger partial charge in [-0.05, 0) is 74.9 Å². The molecule has 0 aliphatic carbocycles. The molecule has 8 nitrogen and oxygen atoms in total. The molecule has 0 fully saturated rings. The average molecular weight is 546 g/mol. The highest BCUT2D eigenvalue weighted by molar-refractivity contribution is 7.92. The number of aryl methyl sites for hydroxylation is 1. The molecule has 0 aliphatic rings. The van der Waals surface area contributed by atoms with E-state index in [1.165, 1.54) is 10.6 Å². The van der Waals surface area contributed by atoms with Gasteiger partial charge in [0.15, 0.2) is 0 Å². The molecule has 0 aliphatic heterocycles. The Morgan fingerprint density at radius 2 is 1.68 bits per heavy atom. The van der Waals surface area contributed by atoms with E-state index in [0.717, 1.165) is 23.1 Å². The number of ether oxygens (including phenoxy) is 1. The van der Waals surface area contributed by atoms with Gasteiger partial charge in [-0.25, -0.2) is 8.42 Å². The Hall–Kier alpha value is -3.07. The van der Waals surface area contributed by atoms with Gasteiger partial charge in [0.05, 0.1) is 19.1 Å². The van der Waals surface area contributed by atoms with Crippen LogP contribution in [0.5, 0.6) is 5.75 Å². The van der Waals surface area contributed by atoms with E-state index in [1.54, 1.807) is 18.1 Å². The van der Waals surface area contributed by atoms with E-state index in [1.807, 2.05) is 71.0 Å². The Morgan fingerprint density at radius 3 is 2.24 bits per heavy atom. The number of methoxy groups -OCH3 is 1. The summed E-state index contributed by atoms with van der Waals surface area (Å²) in [6.07, 6.45) is 2.86. The van der Waals surface area contributed by atoms with Crippen LogP contribution >= 0.6 is 0 Å². The SMILES string of the molecule is CC[C@H](C)NC(=O)[C@H](CC)N(Cc1ccc(OC)cc1)C(=O)CCCN(c1cccc(C)c1C)S(C)(=O)=O. The summed E-state index contributed by atoms with van der Waals surface area (Å²) in [4.78, 5) is 28.3. The molecule has 9 heteroatoms. The van der Waals surface area contributed by atoms with Crippen molar-refractivity contribution in [3.8, 4) is 5.75 Å². The second kappa shape index (κ2) is 14.2. The summed E-state index contributed by atoms with van der Waals surface area (Å²) < 4.78 is 31.9. The monoisotopic (exact) mass is 545 g/mol. The maximum atomic E-state index is 13.6. The normalized spacial score (nSPS) is 12.9. The van der Waals surface area contributed by atoms with Crippen molar-refractivity contribution >= 4 is 27.5 Å². The first-order chi connectivity index (χ1) is 17.9. The molecule has 2 atom stereocenters. The van der Waals surface area contributed by atoms with E-state index >= 15 is 0 Å². The number of rotatable bonds is 14. The first-order valence-electron chi connectivity index (χ1n) is 13.2. The van der Waals surface area contributed by atoms with Crippen molar-refractivity contribution in [2.45, 2.75) is 78.9 Å². The minimum atomic E-state index is -3.55. The lowest BCUT2D eigenvalue weighted by Gasteiger charge is -2.32. The van der Waals surface area contributed by atoms with Crippen LogP contribution in [-0.4, -0.2) is 57.1 Å². The molecule has 0 radical (unpaired) electrons. The molecule has 2 rings (SSSR count). The van der Waals surface area contributed by atoms with Crippen LogP contribution in [0, 0.1) is 13.8 Å². The Balaban J connectivity index is 2.26. The van der Waals surface area contributed by atoms with Gasteiger partial charge in [0.25, 0.3) is 0 Å². The minimum absolute atomic E-state index is 0.00428. The van der Waals surface area contributed by atoms with Crippen molar-refractivity contribution in [1.82, 2.24) is 10.2 Å². The van der Waals surface area contributed by atoms with Crippen LogP contribution in [0.2, 0.25) is 0 Å². The molecule has 1 N–H and O–H groups in total. The summed E-state index contributed by atoms with van der Waals surface area (Å²) in [6.45, 7) is 10.1. The average Bonchev–Trinajstić information content (AvgIpc) is 2.87. The largest absolute Gasteiger partial charge is 0.497 e. The maximum absolute atomic E-state index is 13.6. The molecule has 210 valence electrons. The fraction of sp³-hybridized carbons (Fsp3) is 0.517. The van der Waals surface area contributed by atoms with Crippen molar-refractivity contribution in [2.75, 3.05) is 24.2 Å². The zero-order chi connectivity index (χ0) is 28.5. The van der Waals surface area contributed by atoms with Crippen molar-refractivity contribution in [3.63, 3.8) is 0 Å². The minimum Gasteiger partial charge on any atom is -0.497 e. The molecular weight excluding hydrogens is 502 g/mol. The highest BCUT2D eigenvalue weighted by atomic mass is 32.2. The third kappa shape index (κ3) is 8.48. The summed E-state index contributed by atoms with van der Waals surface area (Å²) in [6, 6.07) is 12.3. The second-order valence-electron chi connectivity index (χ2n) is 9.77. The quantitative estimate of drug-likeness (QED) is 0.375. The highest BCUT2D eigenvalue weighted by Gasteiger charge is 2.29. The molecule has 38 heavy (non-hydrogen) atoms. The van der Waals surface area contributed by atoms with Gasteiger partial charge >= 0.3 is 0 Å². The van der Waals surface area contributed by atoms with E-state index in [2.05, 4.69) is 5.32 Å². The maximum Gasteiger partial charge on any atom is 0.243 e. The van der Waals surface area contributed by atoms with Crippen LogP contribution in [0.3, 0.4) is 0 Å². The lowest BCUT2D eigenvalue weighted by Crippen LogP contribution is -2.50. The summed E-state index contributed by atoms with van der Waals surface area (Å²) in [5.74, 6) is 0.332. The van der Waals surface area contributed by atoms with Crippen molar-refractivity contribution in [3.05, 3.63) is 59.2 Å². The molecule has 0 saturated carbocycles. The molecule has 0 spiro atoms. The van der Waals surface area contributed by atoms with Gasteiger partial charge in [-0.2, -0.15) is 0 Å². The number of hydrogen-bond donors (Lipinski definition) is 1. The molecule has 0 saturated heterocycles. The first kappa shape index (κ1) is 31.1. The second-order valence-corrected chi connectivity index (χ2v) is 11.7. The van der Waals surface area contributed by atoms with Crippen LogP contribution in [-0.2, 0) is 26.2 Å². The van der Waals surface area contributed by atoms with Gasteiger partial charge in [0, 0.05) is 25.6 Å². The predicted molar refractivity (Wildman–Crippen MR) is 153 cm³/mol. The van der Waals surface area contributed by atoms with Crippen LogP contribution in [0.1, 0.15) is 63.1 Å². The van der Waals surface area contributed by atoms with Gasteiger partial charge in [-0.1, -0.05) is 38.1 Å². The van der Waals surface area contributed by atoms with Gasteiger partial charge in [-0.3, -0.25) is 13.9 Å². The lowest BCUT2D eigenvalue weighted by atomic mass is 10.1. The fourth-order valence-electron chi connectivity index (χ4n) is 4.28. The molecule has 2 aromatic carbocycles. The standard InChI is InChI=1S/C29H43N3O5S/c1-8-22(4)30-29(34)26(9-2)31(20-24-15-17-25(37-6)18-16-24)28(33)14-11-19-32(38(7,35)36)27-13-10-12-21(3)23(27)5/h10,12-13,15-18,22,26H,8-9,11,14,19-20H2,1-7H3,(H,30,34)/t22-,26-/m0/s1. The molecule has 0 bridgehead atoms. The molecule has 2 aromatic rings. The number of hydrogen-bond acceptors (Lipinski definition) is 5. The first-order valence-corrected chi connectivity index (χ1v) is 15.0. The summed E-state index contributed by atoms with van der Waals surface area (Å²) in [5.41, 5.74) is 3.38. The van der Waals surface area contributed by atoms with Gasteiger partial charge in [0.1, 0.15) is 11.8 Å². The predicted octanol–water partition coefficient (Wildman–Crippen LogP) is 4.58. The number of benzene rings is 2. The molecule has 0 heterocycles. The number of carbonyl (C=O) groups is 2. The highest BCUT2D eigenvalue weighted by Crippen LogP contribution is 2.26. The summed E-state index contributed by atoms with van der Waals surface area (Å²) >= 11 is 0. The number of nitrogens with zero attached hydrogens (tertiary/aromatic N) is 2. The van der Waals surface area contributed by atoms with Crippen molar-refractivity contribution in [2.24, 2.45) is 0 Å². The van der Waals surface area contributed by atoms with E-state index in [4.69, 9.17) is 4.74 Å². The Bertz CT molecular complexity index is 1180. The topological polar surface area (TPSA) is 96.0 Å². The van der Waals surface area contributed by atoms with Crippen LogP contribution in [0.15, 0.2) is 42.5 Å². The zero-order valence-electron chi connectivity index (χ0n) is 23.8. The van der Waals surface area contributed by atoms with E-state index in [0.29, 0.717) is 24.3 Å². The number of nitrogens with one attached hydrogen (secondary N) is 1. The zero-order valence-corrected chi connectivity index (χ0v) is 24.6. The smallest absolute Gasteiger partial charge is 0.243 e. The molecule has 0 unspecified atom stereocenters. The van der Waals surface area contributed by atoms with Crippen LogP contribution in [0.25, 0.3) is 0 Å². The van der Waals surface area contributed by atoms with Gasteiger partial charge < -0.3 is 15.0 Å². The lowest BCUT2D eigenvalue weighted by molar-refractivity contribution is -0.141. The molecule has 0 aromatic heterocycles. The third-order valence-corrected chi connectivity index (χ3v) is 8.08. The molecular formula is C29H43N3O5S. The Labute approximate surface area is 228 Å². The Morgan fingerprint density at radius 1 is 1.03 bits per heavy atom. The summed E-state index contributed by atoms with van der Waals surface area (Å²) in [5, 5.41) is 3.01. The Kier molecular flexibility index (Phi) is 11.6. The number of amides is 2.